The third-order valence-corrected chi connectivity index (χ3v) is 0.295. The number of hydroxylamine groups is 1. The summed E-state index contributed by atoms with van der Waals surface area (Å²) in [4.78, 5) is 23.5. The van der Waals surface area contributed by atoms with Gasteiger partial charge in [-0.1, -0.05) is 0 Å². The average Bonchev–Trinajstić information content (AvgIpc) is 1.61. The van der Waals surface area contributed by atoms with Crippen LogP contribution in [0.5, 0.6) is 0 Å². The second kappa shape index (κ2) is 5.40. The van der Waals surface area contributed by atoms with E-state index >= 15 is 0 Å². The summed E-state index contributed by atoms with van der Waals surface area (Å²) in [5.41, 5.74) is 6.15. The monoisotopic (exact) mass is 181 g/mol. The van der Waals surface area contributed by atoms with Crippen LogP contribution in [-0.2, 0) is 26.7 Å². The van der Waals surface area contributed by atoms with Crippen molar-refractivity contribution in [3.8, 4) is 0 Å². The molecule has 57 valence electrons. The Labute approximate surface area is 62.3 Å². The largest absolute Gasteiger partial charge is 0.349 e. The van der Waals surface area contributed by atoms with Crippen LogP contribution in [-0.4, -0.2) is 12.0 Å². The molecule has 0 aliphatic carbocycles. The van der Waals surface area contributed by atoms with Gasteiger partial charge in [-0.3, -0.25) is 4.79 Å². The van der Waals surface area contributed by atoms with Gasteiger partial charge in [0.05, 0.1) is 0 Å². The molecule has 0 aromatic carbocycles. The first kappa shape index (κ1) is 11.1. The maximum absolute atomic E-state index is 9.86. The fraction of sp³-hybridized carbons (Fsp3) is 0.333. The molecule has 2 amide bonds. The van der Waals surface area contributed by atoms with E-state index in [4.69, 9.17) is 0 Å². The van der Waals surface area contributed by atoms with Crippen LogP contribution in [0.15, 0.2) is 0 Å². The third-order valence-electron chi connectivity index (χ3n) is 0.295. The average molecular weight is 182 g/mol. The first-order chi connectivity index (χ1) is 3.63. The normalized spacial score (nSPS) is 6.78. The molecule has 0 fully saturated rings. The molecule has 1 radical (unpaired) electrons. The molecule has 0 atom stereocenters. The summed E-state index contributed by atoms with van der Waals surface area (Å²) in [5, 5.41) is 0. The van der Waals surface area contributed by atoms with Gasteiger partial charge < -0.3 is 10.6 Å². The van der Waals surface area contributed by atoms with Gasteiger partial charge >= 0.3 is 12.0 Å². The van der Waals surface area contributed by atoms with Gasteiger partial charge in [-0.05, 0) is 0 Å². The van der Waals surface area contributed by atoms with Crippen molar-refractivity contribution in [2.45, 2.75) is 6.92 Å². The minimum Gasteiger partial charge on any atom is -0.349 e. The van der Waals surface area contributed by atoms with E-state index in [0.29, 0.717) is 0 Å². The number of rotatable bonds is 0. The van der Waals surface area contributed by atoms with Crippen LogP contribution in [0.4, 0.5) is 4.79 Å². The summed E-state index contributed by atoms with van der Waals surface area (Å²) in [6.45, 7) is 1.15. The predicted molar refractivity (Wildman–Crippen MR) is 24.5 cm³/mol. The Balaban J connectivity index is 0. The number of urea groups is 1. The summed E-state index contributed by atoms with van der Waals surface area (Å²) < 4.78 is 0. The van der Waals surface area contributed by atoms with Gasteiger partial charge in [0.15, 0.2) is 0 Å². The maximum atomic E-state index is 9.86. The van der Waals surface area contributed by atoms with Crippen LogP contribution in [0.2, 0.25) is 0 Å². The number of hydrogen-bond acceptors (Lipinski definition) is 3. The van der Waals surface area contributed by atoms with Crippen LogP contribution >= 0.6 is 0 Å². The molecular weight excluding hydrogens is 176 g/mol. The minimum atomic E-state index is -0.889. The first-order valence-electron chi connectivity index (χ1n) is 1.86. The van der Waals surface area contributed by atoms with Gasteiger partial charge in [0.25, 0.3) is 0 Å². The van der Waals surface area contributed by atoms with E-state index in [1.54, 1.807) is 5.48 Å². The maximum Gasteiger partial charge on any atom is 0.345 e. The Morgan fingerprint density at radius 1 is 1.56 bits per heavy atom. The Kier molecular flexibility index (Phi) is 6.66. The van der Waals surface area contributed by atoms with Crippen molar-refractivity contribution < 1.29 is 31.5 Å². The Bertz CT molecular complexity index is 102. The molecule has 0 spiro atoms. The quantitative estimate of drug-likeness (QED) is 0.377. The van der Waals surface area contributed by atoms with E-state index in [1.807, 2.05) is 0 Å². The van der Waals surface area contributed by atoms with Crippen molar-refractivity contribution >= 4 is 12.0 Å². The van der Waals surface area contributed by atoms with Crippen LogP contribution in [0, 0.1) is 0 Å². The van der Waals surface area contributed by atoms with Gasteiger partial charge in [0.2, 0.25) is 0 Å². The van der Waals surface area contributed by atoms with E-state index in [9.17, 15) is 9.59 Å². The van der Waals surface area contributed by atoms with Gasteiger partial charge in [-0.15, -0.1) is 0 Å². The fourth-order valence-corrected chi connectivity index (χ4v) is 0.122. The number of nitrogens with one attached hydrogen (secondary N) is 1. The van der Waals surface area contributed by atoms with Crippen molar-refractivity contribution in [2.75, 3.05) is 0 Å². The summed E-state index contributed by atoms with van der Waals surface area (Å²) in [6.07, 6.45) is 0. The Morgan fingerprint density at radius 3 is 2.11 bits per heavy atom. The molecule has 0 heterocycles. The Hall–Kier alpha value is -0.741. The molecule has 0 aromatic rings. The zero-order chi connectivity index (χ0) is 6.57. The fourth-order valence-electron chi connectivity index (χ4n) is 0.122. The van der Waals surface area contributed by atoms with Gasteiger partial charge in [0, 0.05) is 24.0 Å². The van der Waals surface area contributed by atoms with Crippen molar-refractivity contribution in [3.63, 3.8) is 0 Å². The van der Waals surface area contributed by atoms with Crippen LogP contribution < -0.4 is 11.2 Å². The topological polar surface area (TPSA) is 81.4 Å². The smallest absolute Gasteiger partial charge is 0.345 e. The Morgan fingerprint density at radius 2 is 2.00 bits per heavy atom. The third kappa shape index (κ3) is 11.1. The molecule has 0 aliphatic rings. The van der Waals surface area contributed by atoms with E-state index in [1.165, 1.54) is 0 Å². The second-order valence-corrected chi connectivity index (χ2v) is 1.06. The standard InChI is InChI=1S/C3H6N2O3.Cu/c1-2(6)8-5-3(4)7;/h1H3,(H3,4,5,7);. The molecular formula is C3H6CuN2O3. The molecule has 0 rings (SSSR count). The molecule has 0 saturated heterocycles. The molecule has 3 N–H and O–H groups in total. The minimum absolute atomic E-state index is 0. The predicted octanol–water partition coefficient (Wildman–Crippen LogP) is -0.870. The molecule has 0 aliphatic heterocycles. The number of carbonyl (C=O) groups excluding carboxylic acids is 2. The van der Waals surface area contributed by atoms with Gasteiger partial charge in [-0.25, -0.2) is 4.79 Å². The SMILES string of the molecule is CC(=O)ONC(N)=O.[Cu]. The number of nitrogens with two attached hydrogens (primary N) is 1. The summed E-state index contributed by atoms with van der Waals surface area (Å²) in [7, 11) is 0. The number of primary amides is 1. The number of amides is 2. The molecule has 5 nitrogen and oxygen atoms in total. The van der Waals surface area contributed by atoms with Crippen molar-refractivity contribution in [1.29, 1.82) is 0 Å². The summed E-state index contributed by atoms with van der Waals surface area (Å²) >= 11 is 0. The van der Waals surface area contributed by atoms with E-state index in [2.05, 4.69) is 10.6 Å². The van der Waals surface area contributed by atoms with E-state index in [0.717, 1.165) is 6.92 Å². The molecule has 9 heavy (non-hydrogen) atoms. The summed E-state index contributed by atoms with van der Waals surface area (Å²) in [5.74, 6) is -0.608. The van der Waals surface area contributed by atoms with Crippen molar-refractivity contribution in [1.82, 2.24) is 5.48 Å². The zero-order valence-corrected chi connectivity index (χ0v) is 5.55. The summed E-state index contributed by atoms with van der Waals surface area (Å²) in [6, 6.07) is -0.889. The number of carbonyl (C=O) groups is 2. The molecule has 0 unspecified atom stereocenters. The second-order valence-electron chi connectivity index (χ2n) is 1.06. The van der Waals surface area contributed by atoms with Crippen molar-refractivity contribution in [3.05, 3.63) is 0 Å². The van der Waals surface area contributed by atoms with E-state index < -0.39 is 12.0 Å². The van der Waals surface area contributed by atoms with E-state index in [-0.39, 0.29) is 17.1 Å². The van der Waals surface area contributed by atoms with Crippen LogP contribution in [0.25, 0.3) is 0 Å². The molecule has 0 saturated carbocycles. The van der Waals surface area contributed by atoms with Gasteiger partial charge in [-0.2, -0.15) is 5.48 Å². The molecule has 6 heteroatoms. The zero-order valence-electron chi connectivity index (χ0n) is 4.60. The molecule has 0 bridgehead atoms. The van der Waals surface area contributed by atoms with Gasteiger partial charge in [0.1, 0.15) is 0 Å². The molecule has 0 aromatic heterocycles. The van der Waals surface area contributed by atoms with Crippen molar-refractivity contribution in [2.24, 2.45) is 5.73 Å². The number of hydrogen-bond donors (Lipinski definition) is 2. The first-order valence-corrected chi connectivity index (χ1v) is 1.86. The van der Waals surface area contributed by atoms with Crippen LogP contribution in [0.1, 0.15) is 6.92 Å². The van der Waals surface area contributed by atoms with Crippen LogP contribution in [0.3, 0.4) is 0 Å².